The van der Waals surface area contributed by atoms with E-state index in [9.17, 15) is 4.79 Å². The van der Waals surface area contributed by atoms with Crippen LogP contribution in [0.15, 0.2) is 0 Å². The van der Waals surface area contributed by atoms with Crippen LogP contribution in [0.4, 0.5) is 0 Å². The summed E-state index contributed by atoms with van der Waals surface area (Å²) in [6.45, 7) is 3.48. The molecule has 1 heterocycles. The Labute approximate surface area is 98.3 Å². The second kappa shape index (κ2) is 4.37. The average molecular weight is 244 g/mol. The van der Waals surface area contributed by atoms with Gasteiger partial charge in [0.15, 0.2) is 5.82 Å². The van der Waals surface area contributed by atoms with E-state index in [2.05, 4.69) is 20.8 Å². The van der Waals surface area contributed by atoms with E-state index < -0.39 is 5.38 Å². The number of rotatable bonds is 4. The predicted octanol–water partition coefficient (Wildman–Crippen LogP) is 0.812. The molecular weight excluding hydrogens is 230 g/mol. The van der Waals surface area contributed by atoms with E-state index in [1.54, 1.807) is 11.6 Å². The Balaban J connectivity index is 2.05. The van der Waals surface area contributed by atoms with E-state index >= 15 is 0 Å². The van der Waals surface area contributed by atoms with Crippen LogP contribution in [-0.4, -0.2) is 31.5 Å². The van der Waals surface area contributed by atoms with Crippen molar-refractivity contribution in [2.24, 2.45) is 0 Å². The van der Waals surface area contributed by atoms with Crippen molar-refractivity contribution < 1.29 is 4.79 Å². The first-order valence-electron chi connectivity index (χ1n) is 5.31. The number of carbonyl (C=O) groups is 1. The van der Waals surface area contributed by atoms with Gasteiger partial charge in [0.05, 0.1) is 12.1 Å². The third-order valence-corrected chi connectivity index (χ3v) is 2.72. The standard InChI is InChI=1S/C9H14ClN5O/c1-5(10)9(16)11-6(2)8-12-13-14-15(8)7-3-4-7/h5-7H,3-4H2,1-2H3,(H,11,16). The molecule has 16 heavy (non-hydrogen) atoms. The maximum atomic E-state index is 11.4. The molecule has 1 N–H and O–H groups in total. The van der Waals surface area contributed by atoms with Gasteiger partial charge in [-0.25, -0.2) is 4.68 Å². The molecule has 1 aliphatic carbocycles. The predicted molar refractivity (Wildman–Crippen MR) is 58.0 cm³/mol. The molecule has 1 aromatic heterocycles. The third kappa shape index (κ3) is 2.32. The number of nitrogens with one attached hydrogen (secondary N) is 1. The largest absolute Gasteiger partial charge is 0.345 e. The summed E-state index contributed by atoms with van der Waals surface area (Å²) in [4.78, 5) is 11.4. The van der Waals surface area contributed by atoms with Crippen LogP contribution in [-0.2, 0) is 4.79 Å². The lowest BCUT2D eigenvalue weighted by Gasteiger charge is -2.14. The van der Waals surface area contributed by atoms with Crippen LogP contribution >= 0.6 is 11.6 Å². The zero-order valence-electron chi connectivity index (χ0n) is 9.22. The first kappa shape index (κ1) is 11.3. The zero-order valence-corrected chi connectivity index (χ0v) is 9.98. The highest BCUT2D eigenvalue weighted by Crippen LogP contribution is 2.35. The summed E-state index contributed by atoms with van der Waals surface area (Å²) >= 11 is 5.68. The quantitative estimate of drug-likeness (QED) is 0.795. The van der Waals surface area contributed by atoms with Gasteiger partial charge in [-0.2, -0.15) is 0 Å². The van der Waals surface area contributed by atoms with Gasteiger partial charge in [0.2, 0.25) is 5.91 Å². The Bertz CT molecular complexity index is 387. The number of tetrazole rings is 1. The fraction of sp³-hybridized carbons (Fsp3) is 0.778. The maximum absolute atomic E-state index is 11.4. The number of halogens is 1. The van der Waals surface area contributed by atoms with Crippen LogP contribution in [0.5, 0.6) is 0 Å². The first-order valence-corrected chi connectivity index (χ1v) is 5.75. The number of aromatic nitrogens is 4. The molecule has 2 atom stereocenters. The molecule has 0 spiro atoms. The van der Waals surface area contributed by atoms with Crippen LogP contribution in [0.3, 0.4) is 0 Å². The molecule has 2 rings (SSSR count). The molecule has 0 aromatic carbocycles. The fourth-order valence-electron chi connectivity index (χ4n) is 1.46. The highest BCUT2D eigenvalue weighted by Gasteiger charge is 2.30. The monoisotopic (exact) mass is 243 g/mol. The zero-order chi connectivity index (χ0) is 11.7. The van der Waals surface area contributed by atoms with Gasteiger partial charge in [0.1, 0.15) is 5.38 Å². The van der Waals surface area contributed by atoms with Gasteiger partial charge >= 0.3 is 0 Å². The van der Waals surface area contributed by atoms with Crippen LogP contribution in [0.1, 0.15) is 44.6 Å². The molecule has 2 unspecified atom stereocenters. The number of amides is 1. The van der Waals surface area contributed by atoms with Crippen LogP contribution in [0.2, 0.25) is 0 Å². The van der Waals surface area contributed by atoms with Crippen molar-refractivity contribution >= 4 is 17.5 Å². The summed E-state index contributed by atoms with van der Waals surface area (Å²) < 4.78 is 1.78. The topological polar surface area (TPSA) is 72.7 Å². The lowest BCUT2D eigenvalue weighted by Crippen LogP contribution is -2.33. The second-order valence-corrected chi connectivity index (χ2v) is 4.71. The molecule has 0 bridgehead atoms. The van der Waals surface area contributed by atoms with E-state index in [0.29, 0.717) is 11.9 Å². The van der Waals surface area contributed by atoms with Gasteiger partial charge in [-0.3, -0.25) is 4.79 Å². The molecule has 0 saturated heterocycles. The minimum absolute atomic E-state index is 0.209. The third-order valence-electron chi connectivity index (χ3n) is 2.52. The minimum Gasteiger partial charge on any atom is -0.345 e. The molecule has 6 nitrogen and oxygen atoms in total. The van der Waals surface area contributed by atoms with E-state index in [1.807, 2.05) is 6.92 Å². The number of alkyl halides is 1. The highest BCUT2D eigenvalue weighted by atomic mass is 35.5. The Morgan fingerprint density at radius 3 is 2.81 bits per heavy atom. The fourth-order valence-corrected chi connectivity index (χ4v) is 1.52. The van der Waals surface area contributed by atoms with Crippen LogP contribution in [0.25, 0.3) is 0 Å². The van der Waals surface area contributed by atoms with Crippen molar-refractivity contribution in [3.05, 3.63) is 5.82 Å². The second-order valence-electron chi connectivity index (χ2n) is 4.06. The van der Waals surface area contributed by atoms with Gasteiger partial charge in [-0.05, 0) is 37.1 Å². The summed E-state index contributed by atoms with van der Waals surface area (Å²) in [5.41, 5.74) is 0. The van der Waals surface area contributed by atoms with Gasteiger partial charge in [0.25, 0.3) is 0 Å². The van der Waals surface area contributed by atoms with Crippen molar-refractivity contribution in [1.29, 1.82) is 0 Å². The Kier molecular flexibility index (Phi) is 3.09. The highest BCUT2D eigenvalue weighted by molar-refractivity contribution is 6.30. The maximum Gasteiger partial charge on any atom is 0.238 e. The van der Waals surface area contributed by atoms with Crippen molar-refractivity contribution in [2.75, 3.05) is 0 Å². The Morgan fingerprint density at radius 2 is 2.25 bits per heavy atom. The smallest absolute Gasteiger partial charge is 0.238 e. The molecule has 7 heteroatoms. The number of hydrogen-bond acceptors (Lipinski definition) is 4. The number of carbonyl (C=O) groups excluding carboxylic acids is 1. The lowest BCUT2D eigenvalue weighted by molar-refractivity contribution is -0.121. The summed E-state index contributed by atoms with van der Waals surface area (Å²) in [5.74, 6) is 0.479. The Morgan fingerprint density at radius 1 is 1.56 bits per heavy atom. The van der Waals surface area contributed by atoms with Gasteiger partial charge < -0.3 is 5.32 Å². The molecule has 1 fully saturated rings. The van der Waals surface area contributed by atoms with Crippen LogP contribution < -0.4 is 5.32 Å². The Hall–Kier alpha value is -1.17. The summed E-state index contributed by atoms with van der Waals surface area (Å²) in [7, 11) is 0. The SMILES string of the molecule is CC(Cl)C(=O)NC(C)c1nnnn1C1CC1. The molecule has 1 saturated carbocycles. The van der Waals surface area contributed by atoms with Gasteiger partial charge in [0, 0.05) is 0 Å². The van der Waals surface area contributed by atoms with Gasteiger partial charge in [-0.1, -0.05) is 0 Å². The van der Waals surface area contributed by atoms with Crippen LogP contribution in [0, 0.1) is 0 Å². The summed E-state index contributed by atoms with van der Waals surface area (Å²) in [5, 5.41) is 13.7. The average Bonchev–Trinajstić information content (AvgIpc) is 2.95. The summed E-state index contributed by atoms with van der Waals surface area (Å²) in [6.07, 6.45) is 2.20. The van der Waals surface area contributed by atoms with Crippen molar-refractivity contribution in [3.8, 4) is 0 Å². The molecule has 0 aliphatic heterocycles. The van der Waals surface area contributed by atoms with E-state index in [1.165, 1.54) is 0 Å². The normalized spacial score (nSPS) is 19.2. The molecule has 1 aromatic rings. The van der Waals surface area contributed by atoms with Crippen molar-refractivity contribution in [3.63, 3.8) is 0 Å². The first-order chi connectivity index (χ1) is 7.59. The molecule has 1 aliphatic rings. The number of nitrogens with zero attached hydrogens (tertiary/aromatic N) is 4. The van der Waals surface area contributed by atoms with Gasteiger partial charge in [-0.15, -0.1) is 16.7 Å². The molecule has 0 radical (unpaired) electrons. The summed E-state index contributed by atoms with van der Waals surface area (Å²) in [6, 6.07) is 0.182. The van der Waals surface area contributed by atoms with Crippen molar-refractivity contribution in [2.45, 2.75) is 44.1 Å². The van der Waals surface area contributed by atoms with Crippen molar-refractivity contribution in [1.82, 2.24) is 25.5 Å². The lowest BCUT2D eigenvalue weighted by atomic mass is 10.3. The minimum atomic E-state index is -0.548. The van der Waals surface area contributed by atoms with E-state index in [0.717, 1.165) is 12.8 Å². The van der Waals surface area contributed by atoms with E-state index in [4.69, 9.17) is 11.6 Å². The van der Waals surface area contributed by atoms with E-state index in [-0.39, 0.29) is 11.9 Å². The molecular formula is C9H14ClN5O. The molecule has 1 amide bonds. The molecule has 88 valence electrons. The number of hydrogen-bond donors (Lipinski definition) is 1.